The lowest BCUT2D eigenvalue weighted by atomic mass is 10.00. The van der Waals surface area contributed by atoms with E-state index in [-0.39, 0.29) is 18.6 Å². The van der Waals surface area contributed by atoms with E-state index in [1.165, 1.54) is 0 Å². The molecule has 0 spiro atoms. The van der Waals surface area contributed by atoms with E-state index in [9.17, 15) is 33.1 Å². The number of hydrogen-bond donors (Lipinski definition) is 4. The zero-order chi connectivity index (χ0) is 25.8. The molecule has 0 aromatic heterocycles. The Balaban J connectivity index is 0.000000362. The summed E-state index contributed by atoms with van der Waals surface area (Å²) in [6.07, 6.45) is 0.768. The van der Waals surface area contributed by atoms with Gasteiger partial charge in [0.05, 0.1) is 6.04 Å². The van der Waals surface area contributed by atoms with Crippen LogP contribution >= 0.6 is 0 Å². The average molecular weight is 478 g/mol. The van der Waals surface area contributed by atoms with Gasteiger partial charge in [0, 0.05) is 12.0 Å². The van der Waals surface area contributed by atoms with Gasteiger partial charge in [0.2, 0.25) is 5.91 Å². The molecule has 1 amide bonds. The van der Waals surface area contributed by atoms with E-state index >= 15 is 0 Å². The molecule has 2 aromatic rings. The second-order valence-electron chi connectivity index (χ2n) is 7.91. The molecular weight excluding hydrogens is 450 g/mol. The molecule has 10 heteroatoms. The highest BCUT2D eigenvalue weighted by Crippen LogP contribution is 2.21. The van der Waals surface area contributed by atoms with Crippen LogP contribution in [0.5, 0.6) is 0 Å². The summed E-state index contributed by atoms with van der Waals surface area (Å²) < 4.78 is 26.0. The van der Waals surface area contributed by atoms with Crippen molar-refractivity contribution in [3.8, 4) is 0 Å². The number of halogens is 2. The van der Waals surface area contributed by atoms with Crippen molar-refractivity contribution in [3.63, 3.8) is 0 Å². The normalized spacial score (nSPS) is 13.1. The SMILES string of the molecule is CC(C)CC(N)C(=O)N[C@@H](Cc1ccccc1)C(=O)O.O=CC(C(=O)O)c1c(F)cccc1F. The summed E-state index contributed by atoms with van der Waals surface area (Å²) in [6.45, 7) is 3.93. The highest BCUT2D eigenvalue weighted by atomic mass is 19.1. The maximum atomic E-state index is 13.0. The molecule has 0 saturated carbocycles. The molecule has 0 heterocycles. The first-order chi connectivity index (χ1) is 16.0. The Hall–Kier alpha value is -3.66. The van der Waals surface area contributed by atoms with Gasteiger partial charge in [0.15, 0.2) is 0 Å². The van der Waals surface area contributed by atoms with E-state index in [1.54, 1.807) is 0 Å². The predicted octanol–water partition coefficient (Wildman–Crippen LogP) is 2.50. The van der Waals surface area contributed by atoms with Crippen LogP contribution in [-0.2, 0) is 25.6 Å². The molecule has 8 nitrogen and oxygen atoms in total. The fourth-order valence-electron chi connectivity index (χ4n) is 3.00. The maximum Gasteiger partial charge on any atom is 0.326 e. The predicted molar refractivity (Wildman–Crippen MR) is 120 cm³/mol. The molecule has 0 saturated heterocycles. The molecule has 0 fully saturated rings. The number of carbonyl (C=O) groups is 4. The Kier molecular flexibility index (Phi) is 11.5. The van der Waals surface area contributed by atoms with Gasteiger partial charge in [-0.1, -0.05) is 50.2 Å². The van der Waals surface area contributed by atoms with E-state index in [0.29, 0.717) is 6.42 Å². The topological polar surface area (TPSA) is 147 Å². The first-order valence-corrected chi connectivity index (χ1v) is 10.4. The number of benzene rings is 2. The molecule has 0 aliphatic rings. The smallest absolute Gasteiger partial charge is 0.326 e. The largest absolute Gasteiger partial charge is 0.480 e. The Labute approximate surface area is 195 Å². The minimum Gasteiger partial charge on any atom is -0.480 e. The van der Waals surface area contributed by atoms with E-state index in [0.717, 1.165) is 23.8 Å². The highest BCUT2D eigenvalue weighted by Gasteiger charge is 2.26. The second kappa shape index (κ2) is 13.8. The van der Waals surface area contributed by atoms with Gasteiger partial charge in [-0.15, -0.1) is 0 Å². The monoisotopic (exact) mass is 478 g/mol. The van der Waals surface area contributed by atoms with Crippen molar-refractivity contribution in [2.45, 2.75) is 44.7 Å². The van der Waals surface area contributed by atoms with Crippen LogP contribution in [0.3, 0.4) is 0 Å². The minimum absolute atomic E-state index is 0.0101. The van der Waals surface area contributed by atoms with Gasteiger partial charge in [-0.05, 0) is 30.0 Å². The van der Waals surface area contributed by atoms with Gasteiger partial charge in [-0.2, -0.15) is 0 Å². The lowest BCUT2D eigenvalue weighted by Gasteiger charge is -2.19. The average Bonchev–Trinajstić information content (AvgIpc) is 2.76. The minimum atomic E-state index is -1.80. The zero-order valence-electron chi connectivity index (χ0n) is 18.8. The van der Waals surface area contributed by atoms with E-state index in [2.05, 4.69) is 5.32 Å². The molecular formula is C24H28F2N2O6. The van der Waals surface area contributed by atoms with Gasteiger partial charge < -0.3 is 26.1 Å². The molecule has 2 aromatic carbocycles. The summed E-state index contributed by atoms with van der Waals surface area (Å²) in [4.78, 5) is 43.9. The van der Waals surface area contributed by atoms with Crippen molar-refractivity contribution in [1.82, 2.24) is 5.32 Å². The first kappa shape index (κ1) is 28.4. The fourth-order valence-corrected chi connectivity index (χ4v) is 3.00. The van der Waals surface area contributed by atoms with Crippen molar-refractivity contribution in [2.75, 3.05) is 0 Å². The maximum absolute atomic E-state index is 13.0. The molecule has 0 radical (unpaired) electrons. The van der Waals surface area contributed by atoms with E-state index < -0.39 is 53.0 Å². The van der Waals surface area contributed by atoms with Crippen LogP contribution in [0.4, 0.5) is 8.78 Å². The molecule has 34 heavy (non-hydrogen) atoms. The number of nitrogens with one attached hydrogen (secondary N) is 1. The van der Waals surface area contributed by atoms with Gasteiger partial charge in [0.1, 0.15) is 29.9 Å². The van der Waals surface area contributed by atoms with E-state index in [1.807, 2.05) is 44.2 Å². The number of amides is 1. The van der Waals surface area contributed by atoms with Crippen LogP contribution in [0, 0.1) is 17.6 Å². The molecule has 0 aliphatic carbocycles. The molecule has 5 N–H and O–H groups in total. The van der Waals surface area contributed by atoms with Crippen LogP contribution in [0.25, 0.3) is 0 Å². The number of aldehydes is 1. The van der Waals surface area contributed by atoms with Crippen molar-refractivity contribution >= 4 is 24.1 Å². The Morgan fingerprint density at radius 3 is 1.97 bits per heavy atom. The summed E-state index contributed by atoms with van der Waals surface area (Å²) in [6, 6.07) is 10.5. The summed E-state index contributed by atoms with van der Waals surface area (Å²) in [7, 11) is 0. The number of carboxylic acids is 2. The Morgan fingerprint density at radius 2 is 1.53 bits per heavy atom. The third-order valence-corrected chi connectivity index (χ3v) is 4.67. The highest BCUT2D eigenvalue weighted by molar-refractivity contribution is 5.93. The summed E-state index contributed by atoms with van der Waals surface area (Å²) in [5, 5.41) is 20.2. The van der Waals surface area contributed by atoms with Crippen LogP contribution in [-0.4, -0.2) is 46.4 Å². The van der Waals surface area contributed by atoms with Crippen LogP contribution in [0.1, 0.15) is 37.3 Å². The fraction of sp³-hybridized carbons (Fsp3) is 0.333. The summed E-state index contributed by atoms with van der Waals surface area (Å²) in [5.41, 5.74) is 5.89. The number of aliphatic carboxylic acids is 2. The van der Waals surface area contributed by atoms with Crippen LogP contribution in [0.15, 0.2) is 48.5 Å². The molecule has 2 unspecified atom stereocenters. The second-order valence-corrected chi connectivity index (χ2v) is 7.91. The lowest BCUT2D eigenvalue weighted by Crippen LogP contribution is -2.49. The molecule has 3 atom stereocenters. The van der Waals surface area contributed by atoms with Crippen molar-refractivity contribution in [3.05, 3.63) is 71.3 Å². The molecule has 0 bridgehead atoms. The third-order valence-electron chi connectivity index (χ3n) is 4.67. The molecule has 184 valence electrons. The van der Waals surface area contributed by atoms with E-state index in [4.69, 9.17) is 10.8 Å². The Morgan fingerprint density at radius 1 is 0.971 bits per heavy atom. The van der Waals surface area contributed by atoms with Gasteiger partial charge in [-0.25, -0.2) is 13.6 Å². The number of nitrogens with two attached hydrogens (primary N) is 1. The number of rotatable bonds is 10. The van der Waals surface area contributed by atoms with Crippen LogP contribution < -0.4 is 11.1 Å². The number of carbonyl (C=O) groups excluding carboxylic acids is 2. The van der Waals surface area contributed by atoms with Gasteiger partial charge >= 0.3 is 11.9 Å². The van der Waals surface area contributed by atoms with Gasteiger partial charge in [0.25, 0.3) is 0 Å². The van der Waals surface area contributed by atoms with Crippen LogP contribution in [0.2, 0.25) is 0 Å². The quantitative estimate of drug-likeness (QED) is 0.303. The van der Waals surface area contributed by atoms with Crippen molar-refractivity contribution in [2.24, 2.45) is 11.7 Å². The molecule has 2 rings (SSSR count). The zero-order valence-corrected chi connectivity index (χ0v) is 18.8. The third kappa shape index (κ3) is 9.07. The Bertz CT molecular complexity index is 964. The van der Waals surface area contributed by atoms with Crippen molar-refractivity contribution in [1.29, 1.82) is 0 Å². The standard InChI is InChI=1S/C15H22N2O3.C9H6F2O3/c1-10(2)8-12(16)14(18)17-13(15(19)20)9-11-6-4-3-5-7-11;10-6-2-1-3-7(11)8(6)5(4-12)9(13)14/h3-7,10,12-13H,8-9,16H2,1-2H3,(H,17,18)(H,19,20);1-5H,(H,13,14)/t12?,13-;/m0./s1. The summed E-state index contributed by atoms with van der Waals surface area (Å²) in [5.74, 6) is -6.64. The number of hydrogen-bond acceptors (Lipinski definition) is 5. The van der Waals surface area contributed by atoms with Crippen molar-refractivity contribution < 1.29 is 38.2 Å². The summed E-state index contributed by atoms with van der Waals surface area (Å²) >= 11 is 0. The lowest BCUT2D eigenvalue weighted by molar-refractivity contribution is -0.142. The van der Waals surface area contributed by atoms with Gasteiger partial charge in [-0.3, -0.25) is 9.59 Å². The first-order valence-electron chi connectivity index (χ1n) is 10.4. The molecule has 0 aliphatic heterocycles. The number of carboxylic acid groups (broad SMARTS) is 2.